The molecule has 1 aliphatic carbocycles. The van der Waals surface area contributed by atoms with E-state index in [-0.39, 0.29) is 34.7 Å². The first kappa shape index (κ1) is 44.8. The van der Waals surface area contributed by atoms with E-state index in [1.54, 1.807) is 62.4 Å². The van der Waals surface area contributed by atoms with Crippen molar-refractivity contribution in [3.63, 3.8) is 0 Å². The monoisotopic (exact) mass is 707 g/mol. The first-order chi connectivity index (χ1) is 23.1. The predicted octanol–water partition coefficient (Wildman–Crippen LogP) is 6.61. The van der Waals surface area contributed by atoms with E-state index in [0.717, 1.165) is 37.7 Å². The Morgan fingerprint density at radius 1 is 0.725 bits per heavy atom. The predicted molar refractivity (Wildman–Crippen MR) is 202 cm³/mol. The van der Waals surface area contributed by atoms with Gasteiger partial charge in [-0.3, -0.25) is 9.59 Å². The van der Waals surface area contributed by atoms with Gasteiger partial charge in [-0.25, -0.2) is 4.79 Å². The summed E-state index contributed by atoms with van der Waals surface area (Å²) in [6, 6.07) is 25.1. The Hall–Kier alpha value is -4.25. The number of ether oxygens (including phenoxy) is 1. The average Bonchev–Trinajstić information content (AvgIpc) is 3.12. The Kier molecular flexibility index (Phi) is 19.8. The minimum atomic E-state index is -1.93. The summed E-state index contributed by atoms with van der Waals surface area (Å²) < 4.78 is 5.53. The number of alkyl carbamates (subject to hydrolysis) is 1. The molecule has 1 aliphatic rings. The Labute approximate surface area is 305 Å². The van der Waals surface area contributed by atoms with Crippen LogP contribution in [-0.4, -0.2) is 57.6 Å². The van der Waals surface area contributed by atoms with Crippen molar-refractivity contribution in [1.29, 1.82) is 0 Å². The van der Waals surface area contributed by atoms with Crippen LogP contribution in [0, 0.1) is 11.8 Å². The second-order valence-electron chi connectivity index (χ2n) is 13.0. The van der Waals surface area contributed by atoms with Gasteiger partial charge in [0.25, 0.3) is 11.8 Å². The number of nitrogens with one attached hydrogen (secondary N) is 3. The molecule has 3 aromatic carbocycles. The molecule has 10 nitrogen and oxygen atoms in total. The fraction of sp³-hybridized carbons (Fsp3) is 0.488. The maximum absolute atomic E-state index is 13.6. The van der Waals surface area contributed by atoms with Crippen LogP contribution in [0.3, 0.4) is 0 Å². The lowest BCUT2D eigenvalue weighted by atomic mass is 9.82. The smallest absolute Gasteiger partial charge is 0.408 e. The van der Waals surface area contributed by atoms with Gasteiger partial charge in [0.15, 0.2) is 12.2 Å². The van der Waals surface area contributed by atoms with Gasteiger partial charge in [-0.1, -0.05) is 159 Å². The zero-order valence-electron chi connectivity index (χ0n) is 27.7. The molecule has 0 heterocycles. The average molecular weight is 708 g/mol. The van der Waals surface area contributed by atoms with E-state index in [2.05, 4.69) is 16.0 Å². The van der Waals surface area contributed by atoms with Crippen LogP contribution >= 0.6 is 0 Å². The largest absolute Gasteiger partial charge is 0.436 e. The highest BCUT2D eigenvalue weighted by molar-refractivity contribution is 5.85. The zero-order chi connectivity index (χ0) is 34.5. The van der Waals surface area contributed by atoms with Crippen molar-refractivity contribution >= 4 is 17.9 Å². The highest BCUT2D eigenvalue weighted by Crippen LogP contribution is 2.31. The highest BCUT2D eigenvalue weighted by Gasteiger charge is 2.38. The molecule has 0 aromatic heterocycles. The van der Waals surface area contributed by atoms with Crippen molar-refractivity contribution in [2.45, 2.75) is 118 Å². The van der Waals surface area contributed by atoms with E-state index < -0.39 is 60.3 Å². The molecule has 0 spiro atoms. The first-order valence-corrected chi connectivity index (χ1v) is 16.9. The van der Waals surface area contributed by atoms with Gasteiger partial charge in [0.2, 0.25) is 0 Å². The summed E-state index contributed by atoms with van der Waals surface area (Å²) in [5.41, 5.74) is 2.05. The van der Waals surface area contributed by atoms with Crippen LogP contribution < -0.4 is 16.0 Å². The van der Waals surface area contributed by atoms with E-state index in [1.807, 2.05) is 42.5 Å². The third kappa shape index (κ3) is 13.4. The second kappa shape index (κ2) is 22.5. The van der Waals surface area contributed by atoms with Gasteiger partial charge in [0.05, 0.1) is 12.1 Å². The van der Waals surface area contributed by atoms with Gasteiger partial charge in [0, 0.05) is 6.54 Å². The quantitative estimate of drug-likeness (QED) is 0.104. The molecule has 4 rings (SSSR count). The number of aliphatic hydroxyl groups is 3. The number of benzene rings is 3. The van der Waals surface area contributed by atoms with E-state index in [0.29, 0.717) is 17.5 Å². The van der Waals surface area contributed by atoms with Crippen LogP contribution in [0.15, 0.2) is 91.0 Å². The molecule has 0 aliphatic heterocycles. The van der Waals surface area contributed by atoms with Crippen molar-refractivity contribution in [3.8, 4) is 0 Å². The van der Waals surface area contributed by atoms with Gasteiger partial charge >= 0.3 is 6.09 Å². The van der Waals surface area contributed by atoms with Crippen LogP contribution in [-0.2, 0) is 20.9 Å². The molecule has 51 heavy (non-hydrogen) atoms. The number of aliphatic hydroxyl groups excluding tert-OH is 3. The maximum atomic E-state index is 13.6. The molecule has 3 amide bonds. The van der Waals surface area contributed by atoms with E-state index in [1.165, 1.54) is 0 Å². The molecule has 0 bridgehead atoms. The Bertz CT molecular complexity index is 1420. The minimum Gasteiger partial charge on any atom is -0.436 e. The molecule has 282 valence electrons. The zero-order valence-corrected chi connectivity index (χ0v) is 27.7. The normalized spacial score (nSPS) is 16.3. The van der Waals surface area contributed by atoms with Crippen LogP contribution in [0.25, 0.3) is 0 Å². The number of amides is 3. The van der Waals surface area contributed by atoms with Crippen molar-refractivity contribution in [3.05, 3.63) is 108 Å². The summed E-state index contributed by atoms with van der Waals surface area (Å²) in [7, 11) is 0. The molecule has 6 N–H and O–H groups in total. The van der Waals surface area contributed by atoms with Crippen molar-refractivity contribution in [1.82, 2.24) is 16.0 Å². The molecule has 0 radical (unpaired) electrons. The van der Waals surface area contributed by atoms with Gasteiger partial charge in [0.1, 0.15) is 12.2 Å². The highest BCUT2D eigenvalue weighted by atomic mass is 16.6. The Balaban J connectivity index is 0.00000433. The van der Waals surface area contributed by atoms with Gasteiger partial charge in [-0.05, 0) is 34.9 Å². The molecule has 10 heteroatoms. The topological polar surface area (TPSA) is 157 Å². The number of carbonyl (C=O) groups is 3. The minimum absolute atomic E-state index is 0. The molecule has 6 atom stereocenters. The Morgan fingerprint density at radius 3 is 1.80 bits per heavy atom. The number of hydrogen-bond acceptors (Lipinski definition) is 7. The van der Waals surface area contributed by atoms with E-state index in [4.69, 9.17) is 4.74 Å². The second-order valence-corrected chi connectivity index (χ2v) is 13.0. The van der Waals surface area contributed by atoms with E-state index >= 15 is 0 Å². The van der Waals surface area contributed by atoms with E-state index in [9.17, 15) is 29.7 Å². The molecular weight excluding hydrogens is 646 g/mol. The van der Waals surface area contributed by atoms with Crippen LogP contribution in [0.4, 0.5) is 4.79 Å². The standard InChI is InChI=1S/C38H49N3O7.3CH4/c1-25(2)35(48-38(47)39-24-27-17-9-4-10-18-27)37(46)40-30(23-26-15-7-3-8-16-26)33(43)34(44)36(45)41-31(28-19-11-5-12-20-28)32(42)29-21-13-6-14-22-29;;;/h4-6,9-14,17-22,25-26,30-35,42-44H,3,7-8,15-16,23-24H2,1-2H3,(H,39,47)(H,40,46)(H,41,45);3*1H4. The molecular formula is C41H61N3O7. The summed E-state index contributed by atoms with van der Waals surface area (Å²) in [5.74, 6) is -1.77. The summed E-state index contributed by atoms with van der Waals surface area (Å²) in [4.78, 5) is 39.8. The molecule has 3 aromatic rings. The molecule has 1 fully saturated rings. The SMILES string of the molecule is C.C.C.CC(C)C(OC(=O)NCc1ccccc1)C(=O)NC(CC1CCCCC1)C(O)C(O)C(=O)NC(c1ccccc1)C(O)c1ccccc1. The number of hydrogen-bond donors (Lipinski definition) is 6. The van der Waals surface area contributed by atoms with Gasteiger partial charge in [-0.2, -0.15) is 0 Å². The summed E-state index contributed by atoms with van der Waals surface area (Å²) in [6.45, 7) is 3.70. The third-order valence-electron chi connectivity index (χ3n) is 8.93. The summed E-state index contributed by atoms with van der Waals surface area (Å²) in [6.07, 6.45) is -1.45. The third-order valence-corrected chi connectivity index (χ3v) is 8.93. The molecule has 1 saturated carbocycles. The lowest BCUT2D eigenvalue weighted by Crippen LogP contribution is -2.56. The fourth-order valence-electron chi connectivity index (χ4n) is 6.21. The summed E-state index contributed by atoms with van der Waals surface area (Å²) in [5, 5.41) is 42.2. The van der Waals surface area contributed by atoms with Gasteiger partial charge in [-0.15, -0.1) is 0 Å². The molecule has 0 saturated heterocycles. The fourth-order valence-corrected chi connectivity index (χ4v) is 6.21. The Morgan fingerprint density at radius 2 is 1.25 bits per heavy atom. The van der Waals surface area contributed by atoms with Gasteiger partial charge < -0.3 is 36.0 Å². The lowest BCUT2D eigenvalue weighted by Gasteiger charge is -2.34. The number of rotatable bonds is 15. The van der Waals surface area contributed by atoms with Crippen molar-refractivity contribution < 1.29 is 34.4 Å². The summed E-state index contributed by atoms with van der Waals surface area (Å²) >= 11 is 0. The van der Waals surface area contributed by atoms with Crippen molar-refractivity contribution in [2.75, 3.05) is 0 Å². The molecule has 6 unspecified atom stereocenters. The van der Waals surface area contributed by atoms with Crippen LogP contribution in [0.2, 0.25) is 0 Å². The van der Waals surface area contributed by atoms with Crippen LogP contribution in [0.1, 0.15) is 103 Å². The number of carbonyl (C=O) groups excluding carboxylic acids is 3. The lowest BCUT2D eigenvalue weighted by molar-refractivity contribution is -0.142. The first-order valence-electron chi connectivity index (χ1n) is 16.9. The van der Waals surface area contributed by atoms with Crippen LogP contribution in [0.5, 0.6) is 0 Å². The van der Waals surface area contributed by atoms with Crippen molar-refractivity contribution in [2.24, 2.45) is 11.8 Å². The maximum Gasteiger partial charge on any atom is 0.408 e.